The van der Waals surface area contributed by atoms with Crippen LogP contribution < -0.4 is 0 Å². The summed E-state index contributed by atoms with van der Waals surface area (Å²) >= 11 is 26.9. The fourth-order valence-electron chi connectivity index (χ4n) is 16.3. The van der Waals surface area contributed by atoms with Gasteiger partial charge in [0, 0.05) is 80.1 Å². The largest absolute Gasteiger partial charge is 0.203 e. The van der Waals surface area contributed by atoms with E-state index in [1.807, 2.05) is 45.3 Å². The van der Waals surface area contributed by atoms with Gasteiger partial charge in [0.25, 0.3) is 0 Å². The van der Waals surface area contributed by atoms with Crippen LogP contribution in [0.4, 0.5) is 8.78 Å². The van der Waals surface area contributed by atoms with Crippen molar-refractivity contribution in [1.82, 2.24) is 8.75 Å². The van der Waals surface area contributed by atoms with E-state index in [4.69, 9.17) is 31.9 Å². The summed E-state index contributed by atoms with van der Waals surface area (Å²) in [5, 5.41) is 4.25. The first-order chi connectivity index (χ1) is 50.3. The first-order valence-corrected chi connectivity index (χ1v) is 48.1. The molecule has 0 bridgehead atoms. The van der Waals surface area contributed by atoms with E-state index >= 15 is 8.78 Å². The third-order valence-corrected chi connectivity index (χ3v) is 31.1. The molecule has 7 heterocycles. The smallest absolute Gasteiger partial charge is 0.170 e. The van der Waals surface area contributed by atoms with Gasteiger partial charge >= 0.3 is 0 Å². The molecular formula is C90H128Cl2F2N2S7. The third-order valence-electron chi connectivity index (χ3n) is 22.6. The van der Waals surface area contributed by atoms with E-state index in [1.165, 1.54) is 321 Å². The number of unbranched alkanes of at least 4 members (excludes halogenated alkanes) is 26. The number of aryl methyl sites for hydroxylation is 2. The van der Waals surface area contributed by atoms with Crippen LogP contribution in [0.25, 0.3) is 82.7 Å². The van der Waals surface area contributed by atoms with E-state index in [2.05, 4.69) is 106 Å². The first kappa shape index (κ1) is 84.4. The number of aromatic nitrogens is 2. The molecule has 9 aromatic rings. The van der Waals surface area contributed by atoms with Crippen molar-refractivity contribution in [3.8, 4) is 51.5 Å². The molecule has 0 spiro atoms. The zero-order valence-electron chi connectivity index (χ0n) is 65.2. The predicted octanol–water partition coefficient (Wildman–Crippen LogP) is 35.3. The standard InChI is InChI=1S/C90H128Cl2F2N2S7/c1-11-19-25-29-33-35-39-43-48-65(47-41-37-31-27-21-13-3)52-67-56-75(98-62(67)10)82-84(93)85(94)83(87-86(82)95-103-96-87)76-57-68(53-66(49-42-38-32-28-22-14-4)50-44-40-36-34-30-26-20-12-2)88(101-76)79-58-70-81(78-60-72(92)74(100-78)55-64(18-8)46-24-16-6)89-69(51-61(9)97-89)80(90(70)102-79)77-59-71(91)73(99-77)54-63(17-7)45-23-15-5/h51,56-60,63-66H,11-50,52-55H2,1-10H3. The third kappa shape index (κ3) is 23.7. The van der Waals surface area contributed by atoms with Crippen LogP contribution in [-0.4, -0.2) is 8.75 Å². The van der Waals surface area contributed by atoms with Gasteiger partial charge in [0.2, 0.25) is 0 Å². The minimum atomic E-state index is -0.812. The summed E-state index contributed by atoms with van der Waals surface area (Å²) in [7, 11) is 0. The lowest BCUT2D eigenvalue weighted by Gasteiger charge is -2.17. The van der Waals surface area contributed by atoms with Crippen LogP contribution in [0.3, 0.4) is 0 Å². The van der Waals surface area contributed by atoms with Crippen molar-refractivity contribution in [2.75, 3.05) is 0 Å². The van der Waals surface area contributed by atoms with Crippen LogP contribution in [-0.2, 0) is 25.7 Å². The molecule has 0 aliphatic carbocycles. The zero-order valence-corrected chi connectivity index (χ0v) is 72.4. The molecular weight excluding hydrogens is 1440 g/mol. The highest BCUT2D eigenvalue weighted by molar-refractivity contribution is 7.28. The summed E-state index contributed by atoms with van der Waals surface area (Å²) in [5.74, 6) is 0.585. The molecule has 4 atom stereocenters. The Kier molecular flexibility index (Phi) is 36.8. The lowest BCUT2D eigenvalue weighted by molar-refractivity contribution is 0.400. The molecule has 0 aliphatic rings. The van der Waals surface area contributed by atoms with E-state index in [9.17, 15) is 0 Å². The second-order valence-electron chi connectivity index (χ2n) is 31.0. The fraction of sp³-hybridized carbons (Fsp3) is 0.644. The Morgan fingerprint density at radius 1 is 0.340 bits per heavy atom. The van der Waals surface area contributed by atoms with Gasteiger partial charge in [-0.25, -0.2) is 8.78 Å². The van der Waals surface area contributed by atoms with E-state index in [1.54, 1.807) is 22.7 Å². The quantitative estimate of drug-likeness (QED) is 0.0355. The molecule has 0 N–H and O–H groups in total. The Hall–Kier alpha value is -2.58. The molecule has 7 aromatic heterocycles. The number of hydrogen-bond donors (Lipinski definition) is 0. The molecule has 0 saturated carbocycles. The number of benzene rings is 2. The summed E-state index contributed by atoms with van der Waals surface area (Å²) in [4.78, 5) is 11.3. The van der Waals surface area contributed by atoms with E-state index in [-0.39, 0.29) is 11.1 Å². The number of rotatable bonds is 53. The monoisotopic (exact) mass is 1570 g/mol. The van der Waals surface area contributed by atoms with Gasteiger partial charge in [-0.05, 0) is 111 Å². The van der Waals surface area contributed by atoms with Gasteiger partial charge in [-0.15, -0.1) is 68.0 Å². The topological polar surface area (TPSA) is 25.8 Å². The Morgan fingerprint density at radius 3 is 1.13 bits per heavy atom. The van der Waals surface area contributed by atoms with Gasteiger partial charge in [0.15, 0.2) is 11.6 Å². The highest BCUT2D eigenvalue weighted by atomic mass is 35.5. The Morgan fingerprint density at radius 2 is 0.699 bits per heavy atom. The van der Waals surface area contributed by atoms with Gasteiger partial charge in [-0.1, -0.05) is 335 Å². The van der Waals surface area contributed by atoms with Crippen LogP contribution in [0.2, 0.25) is 10.0 Å². The van der Waals surface area contributed by atoms with Crippen molar-refractivity contribution in [1.29, 1.82) is 0 Å². The van der Waals surface area contributed by atoms with Crippen LogP contribution in [0, 0.1) is 49.2 Å². The molecule has 0 saturated heterocycles. The van der Waals surface area contributed by atoms with Crippen LogP contribution >= 0.6 is 103 Å². The lowest BCUT2D eigenvalue weighted by atomic mass is 9.88. The highest BCUT2D eigenvalue weighted by Gasteiger charge is 2.32. The number of hydrogen-bond acceptors (Lipinski definition) is 9. The molecule has 2 nitrogen and oxygen atoms in total. The average Bonchev–Trinajstić information content (AvgIpc) is 1.56. The van der Waals surface area contributed by atoms with E-state index in [0.717, 1.165) is 74.9 Å². The second-order valence-corrected chi connectivity index (χ2v) is 39.2. The molecule has 0 radical (unpaired) electrons. The molecule has 4 unspecified atom stereocenters. The first-order valence-electron chi connectivity index (χ1n) is 41.7. The van der Waals surface area contributed by atoms with Crippen molar-refractivity contribution in [2.24, 2.45) is 23.7 Å². The normalized spacial score (nSPS) is 13.3. The maximum atomic E-state index is 18.3. The predicted molar refractivity (Wildman–Crippen MR) is 465 cm³/mol. The number of thiophene rings is 6. The second kappa shape index (κ2) is 44.9. The van der Waals surface area contributed by atoms with Crippen molar-refractivity contribution >= 4 is 134 Å². The molecule has 2 aromatic carbocycles. The van der Waals surface area contributed by atoms with Gasteiger partial charge < -0.3 is 0 Å². The molecule has 0 aliphatic heterocycles. The van der Waals surface area contributed by atoms with Crippen molar-refractivity contribution in [2.45, 2.75) is 352 Å². The van der Waals surface area contributed by atoms with Crippen LogP contribution in [0.1, 0.15) is 343 Å². The van der Waals surface area contributed by atoms with Gasteiger partial charge in [-0.2, -0.15) is 8.75 Å². The molecule has 9 rings (SSSR count). The Bertz CT molecular complexity index is 3830. The average molecular weight is 1570 g/mol. The Labute approximate surface area is 661 Å². The summed E-state index contributed by atoms with van der Waals surface area (Å²) in [6.07, 6.45) is 54.5. The SMILES string of the molecule is CCCCCCCCCCC(CCCCCCCC)Cc1cc(-c2c(F)c(F)c(-c3cc(CC(CCCCCCCC)CCCCCCCCCC)c(-c4cc5c(-c6cc(Cl)c(CC(CC)CCCC)s6)c6sc(C)cc6c(-c6cc(Cl)c(CC(CC)CCCC)s6)c5s4)s3)c3nsnc23)sc1C. The molecule has 0 amide bonds. The Balaban J connectivity index is 1.18. The molecule has 13 heteroatoms. The minimum absolute atomic E-state index is 0.254. The minimum Gasteiger partial charge on any atom is -0.203 e. The number of nitrogens with zero attached hydrogens (tertiary/aromatic N) is 2. The van der Waals surface area contributed by atoms with Gasteiger partial charge in [0.05, 0.1) is 32.9 Å². The molecule has 103 heavy (non-hydrogen) atoms. The lowest BCUT2D eigenvalue weighted by Crippen LogP contribution is -2.06. The summed E-state index contributed by atoms with van der Waals surface area (Å²) in [6, 6.07) is 14.0. The maximum absolute atomic E-state index is 18.3. The summed E-state index contributed by atoms with van der Waals surface area (Å²) < 4.78 is 48.8. The van der Waals surface area contributed by atoms with Crippen molar-refractivity contribution in [3.05, 3.63) is 88.7 Å². The van der Waals surface area contributed by atoms with Crippen LogP contribution in [0.15, 0.2) is 36.4 Å². The molecule has 568 valence electrons. The van der Waals surface area contributed by atoms with E-state index in [0.29, 0.717) is 34.7 Å². The number of fused-ring (bicyclic) bond motifs is 3. The van der Waals surface area contributed by atoms with Gasteiger partial charge in [0.1, 0.15) is 11.0 Å². The van der Waals surface area contributed by atoms with Crippen LogP contribution in [0.5, 0.6) is 0 Å². The molecule has 0 fully saturated rings. The number of halogens is 4. The fourth-order valence-corrected chi connectivity index (χ4v) is 24.9. The summed E-state index contributed by atoms with van der Waals surface area (Å²) in [6.45, 7) is 22.9. The zero-order chi connectivity index (χ0) is 73.0. The van der Waals surface area contributed by atoms with E-state index < -0.39 is 11.6 Å². The maximum Gasteiger partial charge on any atom is 0.170 e. The summed E-state index contributed by atoms with van der Waals surface area (Å²) in [5.41, 5.74) is 6.51. The van der Waals surface area contributed by atoms with Gasteiger partial charge in [-0.3, -0.25) is 0 Å². The van der Waals surface area contributed by atoms with Crippen molar-refractivity contribution < 1.29 is 8.78 Å². The highest BCUT2D eigenvalue weighted by Crippen LogP contribution is 2.57. The van der Waals surface area contributed by atoms with Crippen molar-refractivity contribution in [3.63, 3.8) is 0 Å².